The van der Waals surface area contributed by atoms with Gasteiger partial charge in [-0.3, -0.25) is 9.59 Å². The summed E-state index contributed by atoms with van der Waals surface area (Å²) in [5.74, 6) is -1.39. The fourth-order valence-electron chi connectivity index (χ4n) is 4.38. The molecule has 0 radical (unpaired) electrons. The van der Waals surface area contributed by atoms with Crippen LogP contribution in [0.3, 0.4) is 0 Å². The molecule has 0 aromatic heterocycles. The highest BCUT2D eigenvalue weighted by Crippen LogP contribution is 2.44. The lowest BCUT2D eigenvalue weighted by Gasteiger charge is -2.18. The second-order valence-electron chi connectivity index (χ2n) is 8.05. The predicted molar refractivity (Wildman–Crippen MR) is 115 cm³/mol. The molecule has 0 aliphatic heterocycles. The number of hydrogen-bond donors (Lipinski definition) is 2. The number of alkyl carbamates (subject to hydrolysis) is 1. The molecule has 2 atom stereocenters. The number of amides is 2. The molecule has 2 amide bonds. The van der Waals surface area contributed by atoms with Crippen molar-refractivity contribution in [2.75, 3.05) is 26.2 Å². The summed E-state index contributed by atoms with van der Waals surface area (Å²) in [7, 11) is 0. The molecule has 162 valence electrons. The van der Waals surface area contributed by atoms with Gasteiger partial charge in [0, 0.05) is 24.9 Å². The summed E-state index contributed by atoms with van der Waals surface area (Å²) in [5.41, 5.74) is 4.66. The number of carboxylic acid groups (broad SMARTS) is 1. The summed E-state index contributed by atoms with van der Waals surface area (Å²) in [4.78, 5) is 36.9. The van der Waals surface area contributed by atoms with Gasteiger partial charge < -0.3 is 20.1 Å². The fraction of sp³-hybridized carbons (Fsp3) is 0.375. The van der Waals surface area contributed by atoms with Crippen LogP contribution in [0.1, 0.15) is 30.4 Å². The van der Waals surface area contributed by atoms with Gasteiger partial charge in [-0.2, -0.15) is 0 Å². The van der Waals surface area contributed by atoms with E-state index in [4.69, 9.17) is 9.84 Å². The Morgan fingerprint density at radius 3 is 2.26 bits per heavy atom. The minimum absolute atomic E-state index is 0.00234. The monoisotopic (exact) mass is 422 g/mol. The van der Waals surface area contributed by atoms with Crippen LogP contribution in [-0.2, 0) is 14.3 Å². The molecule has 2 N–H and O–H groups in total. The van der Waals surface area contributed by atoms with Crippen molar-refractivity contribution < 1.29 is 24.2 Å². The van der Waals surface area contributed by atoms with E-state index in [0.717, 1.165) is 11.1 Å². The van der Waals surface area contributed by atoms with E-state index in [9.17, 15) is 14.4 Å². The third kappa shape index (κ3) is 4.40. The molecule has 7 heteroatoms. The van der Waals surface area contributed by atoms with E-state index in [0.29, 0.717) is 19.5 Å². The highest BCUT2D eigenvalue weighted by molar-refractivity contribution is 5.85. The number of rotatable bonds is 8. The van der Waals surface area contributed by atoms with E-state index in [1.807, 2.05) is 24.3 Å². The van der Waals surface area contributed by atoms with Gasteiger partial charge in [-0.15, -0.1) is 0 Å². The molecule has 2 aliphatic carbocycles. The molecule has 7 nitrogen and oxygen atoms in total. The number of carbonyl (C=O) groups is 3. The number of carbonyl (C=O) groups excluding carboxylic acids is 2. The first-order chi connectivity index (χ1) is 15.0. The van der Waals surface area contributed by atoms with Crippen LogP contribution < -0.4 is 5.32 Å². The quantitative estimate of drug-likeness (QED) is 0.682. The van der Waals surface area contributed by atoms with Crippen molar-refractivity contribution in [2.45, 2.75) is 19.3 Å². The molecule has 0 spiro atoms. The first-order valence-electron chi connectivity index (χ1n) is 10.6. The number of aliphatic carboxylic acids is 1. The molecule has 0 heterocycles. The van der Waals surface area contributed by atoms with Crippen molar-refractivity contribution in [2.24, 2.45) is 11.8 Å². The van der Waals surface area contributed by atoms with Gasteiger partial charge in [-0.1, -0.05) is 48.5 Å². The zero-order chi connectivity index (χ0) is 22.0. The number of nitrogens with zero attached hydrogens (tertiary/aromatic N) is 1. The summed E-state index contributed by atoms with van der Waals surface area (Å²) in [6.07, 6.45) is 0.149. The summed E-state index contributed by atoms with van der Waals surface area (Å²) in [6, 6.07) is 16.3. The Bertz CT molecular complexity index is 959. The zero-order valence-electron chi connectivity index (χ0n) is 17.4. The Balaban J connectivity index is 1.28. The number of ether oxygens (including phenoxy) is 1. The van der Waals surface area contributed by atoms with Gasteiger partial charge in [0.05, 0.1) is 0 Å². The average molecular weight is 422 g/mol. The van der Waals surface area contributed by atoms with Gasteiger partial charge >= 0.3 is 12.1 Å². The lowest BCUT2D eigenvalue weighted by atomic mass is 9.98. The van der Waals surface area contributed by atoms with Crippen molar-refractivity contribution in [3.63, 3.8) is 0 Å². The van der Waals surface area contributed by atoms with Crippen molar-refractivity contribution in [1.29, 1.82) is 0 Å². The van der Waals surface area contributed by atoms with E-state index in [1.165, 1.54) is 16.0 Å². The lowest BCUT2D eigenvalue weighted by molar-refractivity contribution is -0.145. The van der Waals surface area contributed by atoms with Crippen LogP contribution in [0.25, 0.3) is 11.1 Å². The van der Waals surface area contributed by atoms with Crippen molar-refractivity contribution >= 4 is 18.0 Å². The lowest BCUT2D eigenvalue weighted by Crippen LogP contribution is -2.37. The van der Waals surface area contributed by atoms with Gasteiger partial charge in [0.25, 0.3) is 0 Å². The summed E-state index contributed by atoms with van der Waals surface area (Å²) in [5, 5.41) is 11.7. The molecule has 2 aliphatic rings. The maximum absolute atomic E-state index is 12.4. The highest BCUT2D eigenvalue weighted by atomic mass is 16.5. The van der Waals surface area contributed by atoms with Crippen LogP contribution >= 0.6 is 0 Å². The molecule has 2 unspecified atom stereocenters. The maximum atomic E-state index is 12.4. The molecular formula is C24H26N2O5. The molecule has 1 fully saturated rings. The third-order valence-corrected chi connectivity index (χ3v) is 6.11. The standard InChI is InChI=1S/C24H26N2O5/c1-2-26(13-22(27)28)23(29)20-11-15(20)12-25-24(30)31-14-21-18-9-5-3-7-16(18)17-8-4-6-10-19(17)21/h3-10,15,20-21H,2,11-14H2,1H3,(H,25,30)(H,27,28). The van der Waals surface area contributed by atoms with Crippen LogP contribution in [0.4, 0.5) is 4.79 Å². The number of benzene rings is 2. The minimum atomic E-state index is -1.02. The molecule has 2 aromatic rings. The van der Waals surface area contributed by atoms with Crippen molar-refractivity contribution in [1.82, 2.24) is 10.2 Å². The van der Waals surface area contributed by atoms with E-state index in [1.54, 1.807) is 6.92 Å². The first-order valence-corrected chi connectivity index (χ1v) is 10.6. The SMILES string of the molecule is CCN(CC(=O)O)C(=O)C1CC1CNC(=O)OCC1c2ccccc2-c2ccccc21. The van der Waals surface area contributed by atoms with Crippen LogP contribution in [0.2, 0.25) is 0 Å². The second kappa shape index (κ2) is 8.79. The third-order valence-electron chi connectivity index (χ3n) is 6.11. The zero-order valence-corrected chi connectivity index (χ0v) is 17.4. The van der Waals surface area contributed by atoms with Gasteiger partial charge in [-0.05, 0) is 41.5 Å². The molecule has 31 heavy (non-hydrogen) atoms. The Morgan fingerprint density at radius 2 is 1.68 bits per heavy atom. The normalized spacial score (nSPS) is 18.6. The van der Waals surface area contributed by atoms with Crippen LogP contribution in [-0.4, -0.2) is 54.2 Å². The topological polar surface area (TPSA) is 95.9 Å². The summed E-state index contributed by atoms with van der Waals surface area (Å²) < 4.78 is 5.51. The Labute approximate surface area is 181 Å². The largest absolute Gasteiger partial charge is 0.480 e. The van der Waals surface area contributed by atoms with Crippen molar-refractivity contribution in [3.8, 4) is 11.1 Å². The Hall–Kier alpha value is -3.35. The minimum Gasteiger partial charge on any atom is -0.480 e. The molecule has 4 rings (SSSR count). The number of likely N-dealkylation sites (N-methyl/N-ethyl adjacent to an activating group) is 1. The molecule has 2 aromatic carbocycles. The van der Waals surface area contributed by atoms with Crippen LogP contribution in [0.5, 0.6) is 0 Å². The van der Waals surface area contributed by atoms with Gasteiger partial charge in [0.2, 0.25) is 5.91 Å². The molecule has 1 saturated carbocycles. The van der Waals surface area contributed by atoms with Gasteiger partial charge in [-0.25, -0.2) is 4.79 Å². The Morgan fingerprint density at radius 1 is 1.06 bits per heavy atom. The summed E-state index contributed by atoms with van der Waals surface area (Å²) in [6.45, 7) is 2.41. The van der Waals surface area contributed by atoms with Crippen LogP contribution in [0.15, 0.2) is 48.5 Å². The summed E-state index contributed by atoms with van der Waals surface area (Å²) >= 11 is 0. The smallest absolute Gasteiger partial charge is 0.407 e. The molecular weight excluding hydrogens is 396 g/mol. The highest BCUT2D eigenvalue weighted by Gasteiger charge is 2.45. The number of nitrogens with one attached hydrogen (secondary N) is 1. The van der Waals surface area contributed by atoms with E-state index >= 15 is 0 Å². The van der Waals surface area contributed by atoms with Crippen LogP contribution in [0, 0.1) is 11.8 Å². The number of fused-ring (bicyclic) bond motifs is 3. The second-order valence-corrected chi connectivity index (χ2v) is 8.05. The van der Waals surface area contributed by atoms with E-state index in [2.05, 4.69) is 29.6 Å². The predicted octanol–water partition coefficient (Wildman–Crippen LogP) is 3.09. The average Bonchev–Trinajstić information content (AvgIpc) is 3.49. The van der Waals surface area contributed by atoms with E-state index < -0.39 is 12.1 Å². The molecule has 0 bridgehead atoms. The van der Waals surface area contributed by atoms with Crippen molar-refractivity contribution in [3.05, 3.63) is 59.7 Å². The Kier molecular flexibility index (Phi) is 5.93. The number of carboxylic acids is 1. The number of hydrogen-bond acceptors (Lipinski definition) is 4. The van der Waals surface area contributed by atoms with E-state index in [-0.39, 0.29) is 36.8 Å². The maximum Gasteiger partial charge on any atom is 0.407 e. The van der Waals surface area contributed by atoms with Gasteiger partial charge in [0.15, 0.2) is 0 Å². The first kappa shape index (κ1) is 20.9. The van der Waals surface area contributed by atoms with Gasteiger partial charge in [0.1, 0.15) is 13.2 Å². The fourth-order valence-corrected chi connectivity index (χ4v) is 4.38. The molecule has 0 saturated heterocycles.